The van der Waals surface area contributed by atoms with Crippen molar-refractivity contribution >= 4 is 11.9 Å². The SMILES string of the molecule is O=C(O)C1c2ccoc2CCN1C(=O)c1cc[nH]c1C1CC1. The lowest BCUT2D eigenvalue weighted by molar-refractivity contribution is -0.143. The molecule has 1 saturated carbocycles. The second-order valence-corrected chi connectivity index (χ2v) is 5.87. The molecule has 1 fully saturated rings. The highest BCUT2D eigenvalue weighted by atomic mass is 16.4. The molecule has 22 heavy (non-hydrogen) atoms. The number of nitrogens with one attached hydrogen (secondary N) is 1. The monoisotopic (exact) mass is 300 g/mol. The zero-order valence-electron chi connectivity index (χ0n) is 11.9. The van der Waals surface area contributed by atoms with E-state index in [9.17, 15) is 14.7 Å². The van der Waals surface area contributed by atoms with Gasteiger partial charge in [-0.15, -0.1) is 0 Å². The van der Waals surface area contributed by atoms with E-state index in [1.165, 1.54) is 11.2 Å². The summed E-state index contributed by atoms with van der Waals surface area (Å²) in [6, 6.07) is 2.42. The van der Waals surface area contributed by atoms with Crippen LogP contribution in [0.25, 0.3) is 0 Å². The van der Waals surface area contributed by atoms with Gasteiger partial charge in [0, 0.05) is 30.4 Å². The first-order valence-corrected chi connectivity index (χ1v) is 7.44. The van der Waals surface area contributed by atoms with E-state index in [4.69, 9.17) is 4.42 Å². The number of aromatic nitrogens is 1. The molecule has 6 heteroatoms. The second kappa shape index (κ2) is 4.76. The Hall–Kier alpha value is -2.50. The molecule has 6 nitrogen and oxygen atoms in total. The lowest BCUT2D eigenvalue weighted by Gasteiger charge is -2.32. The van der Waals surface area contributed by atoms with Gasteiger partial charge in [0.25, 0.3) is 5.91 Å². The van der Waals surface area contributed by atoms with Crippen molar-refractivity contribution in [1.82, 2.24) is 9.88 Å². The summed E-state index contributed by atoms with van der Waals surface area (Å²) < 4.78 is 5.32. The predicted octanol–water partition coefficient (Wildman–Crippen LogP) is 2.31. The molecular weight excluding hydrogens is 284 g/mol. The largest absolute Gasteiger partial charge is 0.479 e. The Morgan fingerprint density at radius 3 is 2.86 bits per heavy atom. The van der Waals surface area contributed by atoms with E-state index in [0.717, 1.165) is 18.5 Å². The normalized spacial score (nSPS) is 20.7. The van der Waals surface area contributed by atoms with E-state index in [-0.39, 0.29) is 5.91 Å². The lowest BCUT2D eigenvalue weighted by Crippen LogP contribution is -2.43. The number of carboxylic acids is 1. The van der Waals surface area contributed by atoms with Crippen molar-refractivity contribution in [2.45, 2.75) is 31.2 Å². The highest BCUT2D eigenvalue weighted by molar-refractivity contribution is 5.98. The van der Waals surface area contributed by atoms with Gasteiger partial charge in [-0.3, -0.25) is 4.79 Å². The molecule has 0 aromatic carbocycles. The van der Waals surface area contributed by atoms with E-state index < -0.39 is 12.0 Å². The number of hydrogen-bond acceptors (Lipinski definition) is 3. The summed E-state index contributed by atoms with van der Waals surface area (Å²) in [7, 11) is 0. The van der Waals surface area contributed by atoms with E-state index in [1.54, 1.807) is 18.3 Å². The van der Waals surface area contributed by atoms with Gasteiger partial charge < -0.3 is 19.4 Å². The van der Waals surface area contributed by atoms with E-state index in [0.29, 0.717) is 35.8 Å². The molecule has 2 N–H and O–H groups in total. The van der Waals surface area contributed by atoms with Crippen LogP contribution in [-0.2, 0) is 11.2 Å². The molecule has 1 atom stereocenters. The number of furan rings is 1. The number of hydrogen-bond donors (Lipinski definition) is 2. The van der Waals surface area contributed by atoms with Gasteiger partial charge in [-0.1, -0.05) is 0 Å². The number of carbonyl (C=O) groups is 2. The van der Waals surface area contributed by atoms with Gasteiger partial charge in [0.15, 0.2) is 6.04 Å². The molecule has 2 aromatic heterocycles. The van der Waals surface area contributed by atoms with Crippen LogP contribution in [0.2, 0.25) is 0 Å². The molecule has 2 aliphatic rings. The van der Waals surface area contributed by atoms with Crippen LogP contribution >= 0.6 is 0 Å². The first-order chi connectivity index (χ1) is 10.7. The number of fused-ring (bicyclic) bond motifs is 1. The van der Waals surface area contributed by atoms with Crippen LogP contribution in [-0.4, -0.2) is 33.4 Å². The molecule has 0 bridgehead atoms. The summed E-state index contributed by atoms with van der Waals surface area (Å²) in [6.07, 6.45) is 5.94. The summed E-state index contributed by atoms with van der Waals surface area (Å²) in [5, 5.41) is 9.57. The highest BCUT2D eigenvalue weighted by Crippen LogP contribution is 2.41. The fraction of sp³-hybridized carbons (Fsp3) is 0.375. The van der Waals surface area contributed by atoms with Crippen LogP contribution in [0.4, 0.5) is 0 Å². The fourth-order valence-corrected chi connectivity index (χ4v) is 3.23. The zero-order valence-corrected chi connectivity index (χ0v) is 11.9. The maximum absolute atomic E-state index is 12.9. The van der Waals surface area contributed by atoms with Crippen LogP contribution in [0, 0.1) is 0 Å². The van der Waals surface area contributed by atoms with Crippen molar-refractivity contribution in [3.05, 3.63) is 47.2 Å². The summed E-state index contributed by atoms with van der Waals surface area (Å²) in [4.78, 5) is 29.1. The van der Waals surface area contributed by atoms with E-state index in [2.05, 4.69) is 4.98 Å². The van der Waals surface area contributed by atoms with Crippen LogP contribution in [0.5, 0.6) is 0 Å². The molecule has 4 rings (SSSR count). The predicted molar refractivity (Wildman–Crippen MR) is 76.6 cm³/mol. The van der Waals surface area contributed by atoms with Crippen molar-refractivity contribution in [2.75, 3.05) is 6.54 Å². The fourth-order valence-electron chi connectivity index (χ4n) is 3.23. The Morgan fingerprint density at radius 2 is 2.14 bits per heavy atom. The van der Waals surface area contributed by atoms with Crippen LogP contribution in [0.1, 0.15) is 52.2 Å². The van der Waals surface area contributed by atoms with Crippen molar-refractivity contribution < 1.29 is 19.1 Å². The van der Waals surface area contributed by atoms with Crippen molar-refractivity contribution in [3.63, 3.8) is 0 Å². The van der Waals surface area contributed by atoms with E-state index in [1.807, 2.05) is 0 Å². The third kappa shape index (κ3) is 1.94. The highest BCUT2D eigenvalue weighted by Gasteiger charge is 2.39. The third-order valence-electron chi connectivity index (χ3n) is 4.46. The topological polar surface area (TPSA) is 86.5 Å². The van der Waals surface area contributed by atoms with Gasteiger partial charge in [-0.2, -0.15) is 0 Å². The molecule has 3 heterocycles. The maximum Gasteiger partial charge on any atom is 0.331 e. The number of carboxylic acid groups (broad SMARTS) is 1. The van der Waals surface area contributed by atoms with Crippen molar-refractivity contribution in [3.8, 4) is 0 Å². The zero-order chi connectivity index (χ0) is 15.3. The minimum Gasteiger partial charge on any atom is -0.479 e. The van der Waals surface area contributed by atoms with Gasteiger partial charge in [0.05, 0.1) is 11.8 Å². The average molecular weight is 300 g/mol. The molecule has 0 saturated heterocycles. The van der Waals surface area contributed by atoms with Gasteiger partial charge >= 0.3 is 5.97 Å². The molecule has 1 aliphatic heterocycles. The number of carbonyl (C=O) groups excluding carboxylic acids is 1. The smallest absolute Gasteiger partial charge is 0.331 e. The summed E-state index contributed by atoms with van der Waals surface area (Å²) >= 11 is 0. The summed E-state index contributed by atoms with van der Waals surface area (Å²) in [6.45, 7) is 0.353. The molecule has 114 valence electrons. The maximum atomic E-state index is 12.9. The number of aromatic amines is 1. The average Bonchev–Trinajstić information content (AvgIpc) is 3.05. The number of rotatable bonds is 3. The number of aliphatic carboxylic acids is 1. The molecule has 1 aliphatic carbocycles. The standard InChI is InChI=1S/C16H16N2O4/c19-15(11-3-6-17-13(11)9-1-2-9)18-7-4-12-10(5-8-22-12)14(18)16(20)21/h3,5-6,8-9,14,17H,1-2,4,7H2,(H,20,21). The quantitative estimate of drug-likeness (QED) is 0.910. The number of nitrogens with zero attached hydrogens (tertiary/aromatic N) is 1. The number of H-pyrrole nitrogens is 1. The Kier molecular flexibility index (Phi) is 2.85. The Balaban J connectivity index is 1.70. The van der Waals surface area contributed by atoms with Gasteiger partial charge in [0.2, 0.25) is 0 Å². The van der Waals surface area contributed by atoms with Crippen LogP contribution in [0.15, 0.2) is 29.0 Å². The number of amides is 1. The van der Waals surface area contributed by atoms with Gasteiger partial charge in [0.1, 0.15) is 5.76 Å². The first kappa shape index (κ1) is 13.2. The Bertz CT molecular complexity index is 741. The molecule has 0 spiro atoms. The first-order valence-electron chi connectivity index (χ1n) is 7.44. The van der Waals surface area contributed by atoms with Crippen LogP contribution < -0.4 is 0 Å². The molecular formula is C16H16N2O4. The molecule has 1 unspecified atom stereocenters. The van der Waals surface area contributed by atoms with Gasteiger partial charge in [-0.25, -0.2) is 4.79 Å². The molecule has 0 radical (unpaired) electrons. The minimum atomic E-state index is -1.03. The Morgan fingerprint density at radius 1 is 1.32 bits per heavy atom. The Labute approximate surface area is 126 Å². The lowest BCUT2D eigenvalue weighted by atomic mass is 9.98. The summed E-state index contributed by atoms with van der Waals surface area (Å²) in [5.41, 5.74) is 2.11. The van der Waals surface area contributed by atoms with Crippen molar-refractivity contribution in [1.29, 1.82) is 0 Å². The van der Waals surface area contributed by atoms with Crippen LogP contribution in [0.3, 0.4) is 0 Å². The molecule has 2 aromatic rings. The minimum absolute atomic E-state index is 0.220. The summed E-state index contributed by atoms with van der Waals surface area (Å²) in [5.74, 6) is -0.180. The van der Waals surface area contributed by atoms with Gasteiger partial charge in [-0.05, 0) is 30.9 Å². The van der Waals surface area contributed by atoms with Crippen molar-refractivity contribution in [2.24, 2.45) is 0 Å². The van der Waals surface area contributed by atoms with E-state index >= 15 is 0 Å². The second-order valence-electron chi connectivity index (χ2n) is 5.87. The molecule has 1 amide bonds. The third-order valence-corrected chi connectivity index (χ3v) is 4.46.